The Morgan fingerprint density at radius 3 is 1.80 bits per heavy atom. The Labute approximate surface area is 407 Å². The molecule has 0 aromatic heterocycles. The third-order valence-electron chi connectivity index (χ3n) is 15.5. The van der Waals surface area contributed by atoms with Crippen LogP contribution in [-0.4, -0.2) is 29.7 Å². The molecule has 4 unspecified atom stereocenters. The quantitative estimate of drug-likeness (QED) is 0.160. The summed E-state index contributed by atoms with van der Waals surface area (Å²) in [4.78, 5) is 19.3. The van der Waals surface area contributed by atoms with Crippen LogP contribution in [0.2, 0.25) is 0 Å². The van der Waals surface area contributed by atoms with Gasteiger partial charge in [0, 0.05) is 63.3 Å². The average Bonchev–Trinajstić information content (AvgIpc) is 3.40. The molecule has 5 heteroatoms. The predicted octanol–water partition coefficient (Wildman–Crippen LogP) is 15.1. The van der Waals surface area contributed by atoms with Crippen LogP contribution in [-0.2, 0) is 10.8 Å². The fourth-order valence-corrected chi connectivity index (χ4v) is 12.1. The van der Waals surface area contributed by atoms with Gasteiger partial charge in [0.15, 0.2) is 0 Å². The lowest BCUT2D eigenvalue weighted by molar-refractivity contribution is 0.332. The van der Waals surface area contributed by atoms with Crippen molar-refractivity contribution in [1.29, 1.82) is 0 Å². The van der Waals surface area contributed by atoms with Crippen LogP contribution in [0.3, 0.4) is 0 Å². The Kier molecular flexibility index (Phi) is 10.4. The summed E-state index contributed by atoms with van der Waals surface area (Å²) >= 11 is 0. The first-order chi connectivity index (χ1) is 33.7. The van der Waals surface area contributed by atoms with E-state index in [1.807, 2.05) is 0 Å². The van der Waals surface area contributed by atoms with Gasteiger partial charge in [0.05, 0.1) is 17.6 Å². The molecule has 3 heterocycles. The molecule has 0 saturated carbocycles. The van der Waals surface area contributed by atoms with Crippen molar-refractivity contribution >= 4 is 40.0 Å². The van der Waals surface area contributed by atoms with E-state index < -0.39 is 0 Å². The van der Waals surface area contributed by atoms with Crippen molar-refractivity contribution in [2.75, 3.05) is 16.8 Å². The van der Waals surface area contributed by atoms with Gasteiger partial charge in [-0.1, -0.05) is 222 Å². The van der Waals surface area contributed by atoms with Crippen molar-refractivity contribution in [2.45, 2.75) is 57.2 Å². The Bertz CT molecular complexity index is 3250. The maximum atomic E-state index is 5.96. The van der Waals surface area contributed by atoms with Crippen LogP contribution < -0.4 is 9.80 Å². The third-order valence-corrected chi connectivity index (χ3v) is 15.5. The molecule has 5 nitrogen and oxygen atoms in total. The number of aliphatic imine (C=N–C) groups is 2. The van der Waals surface area contributed by atoms with Crippen molar-refractivity contribution in [2.24, 2.45) is 21.8 Å². The lowest BCUT2D eigenvalue weighted by atomic mass is 9.65. The summed E-state index contributed by atoms with van der Waals surface area (Å²) in [5.74, 6) is 1.74. The molecule has 4 atom stereocenters. The van der Waals surface area contributed by atoms with Crippen LogP contribution >= 0.6 is 0 Å². The van der Waals surface area contributed by atoms with Crippen LogP contribution in [0.1, 0.15) is 73.7 Å². The molecule has 0 saturated heterocycles. The van der Waals surface area contributed by atoms with E-state index in [2.05, 4.69) is 268 Å². The summed E-state index contributed by atoms with van der Waals surface area (Å²) in [6.45, 7) is 9.54. The van der Waals surface area contributed by atoms with Gasteiger partial charge in [-0.2, -0.15) is 0 Å². The maximum Gasteiger partial charge on any atom is 0.150 e. The normalized spacial score (nSPS) is 21.7. The molecule has 0 N–H and O–H groups in total. The zero-order chi connectivity index (χ0) is 46.9. The van der Waals surface area contributed by atoms with Gasteiger partial charge >= 0.3 is 0 Å². The number of hydrogen-bond donors (Lipinski definition) is 0. The molecule has 7 aromatic carbocycles. The molecule has 0 fully saturated rings. The fourth-order valence-electron chi connectivity index (χ4n) is 12.1. The van der Waals surface area contributed by atoms with Crippen molar-refractivity contribution < 1.29 is 0 Å². The van der Waals surface area contributed by atoms with E-state index in [0.29, 0.717) is 0 Å². The second kappa shape index (κ2) is 16.8. The van der Waals surface area contributed by atoms with Crippen molar-refractivity contribution in [3.05, 3.63) is 258 Å². The van der Waals surface area contributed by atoms with Crippen molar-refractivity contribution in [3.8, 4) is 11.1 Å². The molecule has 0 bridgehead atoms. The van der Waals surface area contributed by atoms with Gasteiger partial charge in [-0.05, 0) is 64.1 Å². The van der Waals surface area contributed by atoms with Crippen LogP contribution in [0.5, 0.6) is 0 Å². The minimum atomic E-state index is -0.341. The standard InChI is InChI=1S/C64H57N5/c1-63(2)50-35-15-19-39-54(50)68(55-40-20-16-36-51(55)63)58-46(43-25-9-6-10-26-43)31-23-33-48(58)60-65-61(45-29-13-8-14-30-45)67(5)62(66-60)49-34-24-32-47(44-27-11-7-12-28-44)59(49)69-56-41-21-17-37-52(56)64(3,4)53-38-18-22-42-57(53)69/h6-32,34-42,48,52,56,61H,33H2,1-5H3. The summed E-state index contributed by atoms with van der Waals surface area (Å²) in [6, 6.07) is 66.5. The van der Waals surface area contributed by atoms with Gasteiger partial charge in [0.1, 0.15) is 17.8 Å². The average molecular weight is 896 g/mol. The van der Waals surface area contributed by atoms with Crippen LogP contribution in [0, 0.1) is 11.8 Å². The van der Waals surface area contributed by atoms with Gasteiger partial charge in [-0.3, -0.25) is 0 Å². The highest BCUT2D eigenvalue weighted by atomic mass is 15.3. The van der Waals surface area contributed by atoms with E-state index in [1.54, 1.807) is 0 Å². The minimum Gasteiger partial charge on any atom is -0.333 e. The molecule has 12 rings (SSSR count). The smallest absolute Gasteiger partial charge is 0.150 e. The highest BCUT2D eigenvalue weighted by Crippen LogP contribution is 2.55. The molecule has 2 aliphatic carbocycles. The third kappa shape index (κ3) is 6.89. The lowest BCUT2D eigenvalue weighted by Crippen LogP contribution is -2.50. The number of para-hydroxylation sites is 4. The number of anilines is 4. The van der Waals surface area contributed by atoms with E-state index in [-0.39, 0.29) is 34.9 Å². The van der Waals surface area contributed by atoms with Gasteiger partial charge in [0.2, 0.25) is 0 Å². The molecular weight excluding hydrogens is 839 g/mol. The second-order valence-electron chi connectivity index (χ2n) is 20.1. The molecule has 338 valence electrons. The number of amidine groups is 2. The molecule has 0 radical (unpaired) electrons. The monoisotopic (exact) mass is 895 g/mol. The molecule has 5 aliphatic rings. The van der Waals surface area contributed by atoms with Gasteiger partial charge in [-0.25, -0.2) is 9.98 Å². The Balaban J connectivity index is 1.13. The number of hydrogen-bond acceptors (Lipinski definition) is 5. The van der Waals surface area contributed by atoms with Gasteiger partial charge < -0.3 is 14.7 Å². The first kappa shape index (κ1) is 42.6. The SMILES string of the molecule is CN1C(c2cccc(-c3ccccc3)c2N2c3ccccc3C(C)(C)C3C=CC=CC32)=NC(C2CC=CC(c3ccccc3)=C2N2c3ccccc3C(C)(C)c3ccccc32)=NC1c1ccccc1. The number of allylic oxidation sites excluding steroid dienone is 5. The van der Waals surface area contributed by atoms with Crippen molar-refractivity contribution in [1.82, 2.24) is 4.90 Å². The summed E-state index contributed by atoms with van der Waals surface area (Å²) < 4.78 is 0. The summed E-state index contributed by atoms with van der Waals surface area (Å²) in [7, 11) is 2.18. The van der Waals surface area contributed by atoms with E-state index in [4.69, 9.17) is 9.98 Å². The summed E-state index contributed by atoms with van der Waals surface area (Å²) in [6.07, 6.45) is 14.4. The molecular formula is C64H57N5. The largest absolute Gasteiger partial charge is 0.333 e. The van der Waals surface area contributed by atoms with E-state index in [0.717, 1.165) is 46.0 Å². The molecule has 7 aromatic rings. The van der Waals surface area contributed by atoms with E-state index in [1.165, 1.54) is 50.6 Å². The minimum absolute atomic E-state index is 0.0611. The Morgan fingerprint density at radius 1 is 0.551 bits per heavy atom. The Morgan fingerprint density at radius 2 is 1.12 bits per heavy atom. The fraction of sp³-hybridized carbons (Fsp3) is 0.188. The second-order valence-corrected chi connectivity index (χ2v) is 20.1. The number of nitrogens with zero attached hydrogens (tertiary/aromatic N) is 5. The highest BCUT2D eigenvalue weighted by molar-refractivity contribution is 6.14. The van der Waals surface area contributed by atoms with Crippen molar-refractivity contribution in [3.63, 3.8) is 0 Å². The number of rotatable bonds is 7. The maximum absolute atomic E-state index is 5.96. The zero-order valence-electron chi connectivity index (χ0n) is 40.0. The first-order valence-corrected chi connectivity index (χ1v) is 24.5. The Hall–Kier alpha value is -7.76. The van der Waals surface area contributed by atoms with Crippen LogP contribution in [0.25, 0.3) is 16.7 Å². The summed E-state index contributed by atoms with van der Waals surface area (Å²) in [5, 5.41) is 0. The van der Waals surface area contributed by atoms with Crippen LogP contribution in [0.4, 0.5) is 22.7 Å². The lowest BCUT2D eigenvalue weighted by Gasteiger charge is -2.51. The van der Waals surface area contributed by atoms with E-state index in [9.17, 15) is 0 Å². The summed E-state index contributed by atoms with van der Waals surface area (Å²) in [5.41, 5.74) is 16.4. The number of benzene rings is 7. The first-order valence-electron chi connectivity index (χ1n) is 24.5. The predicted molar refractivity (Wildman–Crippen MR) is 288 cm³/mol. The zero-order valence-corrected chi connectivity index (χ0v) is 40.0. The molecule has 3 aliphatic heterocycles. The number of fused-ring (bicyclic) bond motifs is 4. The highest BCUT2D eigenvalue weighted by Gasteiger charge is 2.47. The van der Waals surface area contributed by atoms with E-state index >= 15 is 0 Å². The van der Waals surface area contributed by atoms with Crippen LogP contribution in [0.15, 0.2) is 234 Å². The van der Waals surface area contributed by atoms with Gasteiger partial charge in [-0.15, -0.1) is 0 Å². The molecule has 69 heavy (non-hydrogen) atoms. The topological polar surface area (TPSA) is 34.4 Å². The molecule has 0 spiro atoms. The van der Waals surface area contributed by atoms with Gasteiger partial charge in [0.25, 0.3) is 0 Å². The molecule has 0 amide bonds.